The minimum atomic E-state index is -2.00. The Morgan fingerprint density at radius 1 is 1.67 bits per heavy atom. The molecule has 0 rings (SSSR count). The molecule has 0 radical (unpaired) electrons. The molecule has 0 aliphatic carbocycles. The topological polar surface area (TPSA) is 38.3 Å². The minimum absolute atomic E-state index is 0.290. The largest absolute Gasteiger partial charge is 0.444 e. The molecule has 0 heterocycles. The maximum absolute atomic E-state index is 11.1. The Morgan fingerprint density at radius 3 is 2.83 bits per heavy atom. The molecule has 3 nitrogen and oxygen atoms in total. The summed E-state index contributed by atoms with van der Waals surface area (Å²) in [6, 6.07) is 0. The van der Waals surface area contributed by atoms with Crippen LogP contribution in [0.15, 0.2) is 0 Å². The lowest BCUT2D eigenvalue weighted by Gasteiger charge is -2.19. The van der Waals surface area contributed by atoms with Gasteiger partial charge in [0, 0.05) is 16.4 Å². The fourth-order valence-corrected chi connectivity index (χ4v) is 0.722. The van der Waals surface area contributed by atoms with Gasteiger partial charge >= 0.3 is 6.09 Å². The molecular weight excluding hydrogens is 174 g/mol. The van der Waals surface area contributed by atoms with Crippen molar-refractivity contribution in [2.24, 2.45) is 0 Å². The predicted octanol–water partition coefficient (Wildman–Crippen LogP) is 1.87. The van der Waals surface area contributed by atoms with Crippen LogP contribution in [0.3, 0.4) is 0 Å². The number of rotatable bonds is 3. The van der Waals surface area contributed by atoms with Crippen molar-refractivity contribution in [2.45, 2.75) is 26.4 Å². The van der Waals surface area contributed by atoms with Crippen LogP contribution in [0.2, 0.25) is 0 Å². The van der Waals surface area contributed by atoms with Crippen LogP contribution in [0.5, 0.6) is 0 Å². The van der Waals surface area contributed by atoms with Crippen LogP contribution in [-0.4, -0.2) is 30.2 Å². The van der Waals surface area contributed by atoms with Crippen LogP contribution in [0.4, 0.5) is 4.79 Å². The lowest BCUT2D eigenvalue weighted by molar-refractivity contribution is 0.0531. The Hall–Kier alpha value is -0.380. The molecule has 0 atom stereocenters. The molecule has 0 aromatic rings. The van der Waals surface area contributed by atoms with Gasteiger partial charge in [-0.1, -0.05) is 0 Å². The summed E-state index contributed by atoms with van der Waals surface area (Å²) in [7, 11) is 0. The number of hydrogen-bond acceptors (Lipinski definition) is 3. The third kappa shape index (κ3) is 7.72. The third-order valence-electron chi connectivity index (χ3n) is 0.872. The number of carbonyl (C=O) groups excluding carboxylic acids is 1. The predicted molar refractivity (Wildman–Crippen MR) is 52.6 cm³/mol. The van der Waals surface area contributed by atoms with Gasteiger partial charge in [0.25, 0.3) is 0 Å². The molecule has 4 heteroatoms. The van der Waals surface area contributed by atoms with Gasteiger partial charge in [-0.25, -0.2) is 4.79 Å². The number of carbonyl (C=O) groups is 1. The van der Waals surface area contributed by atoms with Crippen molar-refractivity contribution in [3.8, 4) is 0 Å². The molecule has 0 spiro atoms. The van der Waals surface area contributed by atoms with Crippen LogP contribution in [0, 0.1) is 0 Å². The third-order valence-corrected chi connectivity index (χ3v) is 1.28. The van der Waals surface area contributed by atoms with Gasteiger partial charge in [0.15, 0.2) is 0 Å². The SMILES string of the molecule is [2H]C([2H])([2H])SCCNC(=O)OC(C)(C)C. The lowest BCUT2D eigenvalue weighted by Crippen LogP contribution is -2.33. The Bertz CT molecular complexity index is 213. The molecule has 0 unspecified atom stereocenters. The highest BCUT2D eigenvalue weighted by molar-refractivity contribution is 7.98. The first kappa shape index (κ1) is 7.06. The Kier molecular flexibility index (Phi) is 3.12. The fraction of sp³-hybridized carbons (Fsp3) is 0.875. The van der Waals surface area contributed by atoms with Crippen LogP contribution < -0.4 is 5.32 Å². The van der Waals surface area contributed by atoms with Crippen molar-refractivity contribution in [3.05, 3.63) is 0 Å². The number of ether oxygens (including phenoxy) is 1. The van der Waals surface area contributed by atoms with Crippen LogP contribution in [0.1, 0.15) is 24.9 Å². The summed E-state index contributed by atoms with van der Waals surface area (Å²) in [5, 5.41) is 2.48. The quantitative estimate of drug-likeness (QED) is 0.697. The molecule has 1 amide bonds. The van der Waals surface area contributed by atoms with Gasteiger partial charge in [-0.3, -0.25) is 0 Å². The number of nitrogens with one attached hydrogen (secondary N) is 1. The molecule has 0 aliphatic rings. The number of hydrogen-bond donors (Lipinski definition) is 1. The van der Waals surface area contributed by atoms with Crippen molar-refractivity contribution >= 4 is 17.9 Å². The number of alkyl carbamates (subject to hydrolysis) is 1. The van der Waals surface area contributed by atoms with Crippen LogP contribution >= 0.6 is 11.8 Å². The Labute approximate surface area is 82.5 Å². The highest BCUT2D eigenvalue weighted by Gasteiger charge is 2.14. The van der Waals surface area contributed by atoms with Crippen molar-refractivity contribution in [3.63, 3.8) is 0 Å². The standard InChI is InChI=1S/C8H17NO2S/c1-8(2,3)11-7(10)9-5-6-12-4/h5-6H2,1-4H3,(H,9,10)/i4D3. The second-order valence-electron chi connectivity index (χ2n) is 3.28. The van der Waals surface area contributed by atoms with Gasteiger partial charge in [0.1, 0.15) is 5.60 Å². The summed E-state index contributed by atoms with van der Waals surface area (Å²) in [6.07, 6.45) is -2.52. The van der Waals surface area contributed by atoms with E-state index in [1.165, 1.54) is 0 Å². The van der Waals surface area contributed by atoms with E-state index in [1.807, 2.05) is 0 Å². The van der Waals surface area contributed by atoms with Crippen molar-refractivity contribution in [1.29, 1.82) is 0 Å². The maximum Gasteiger partial charge on any atom is 0.407 e. The first-order valence-electron chi connectivity index (χ1n) is 5.21. The molecular formula is C8H17NO2S. The molecule has 0 aromatic carbocycles. The van der Waals surface area contributed by atoms with Gasteiger partial charge in [-0.05, 0) is 27.0 Å². The monoisotopic (exact) mass is 194 g/mol. The second-order valence-corrected chi connectivity index (χ2v) is 3.97. The number of thioether (sulfide) groups is 1. The zero-order valence-electron chi connectivity index (χ0n) is 10.6. The summed E-state index contributed by atoms with van der Waals surface area (Å²) in [4.78, 5) is 11.1. The minimum Gasteiger partial charge on any atom is -0.444 e. The number of amides is 1. The first-order valence-corrected chi connectivity index (χ1v) is 4.69. The summed E-state index contributed by atoms with van der Waals surface area (Å²) >= 11 is 0.823. The molecule has 12 heavy (non-hydrogen) atoms. The molecule has 0 bridgehead atoms. The van der Waals surface area contributed by atoms with Crippen LogP contribution in [-0.2, 0) is 4.74 Å². The van der Waals surface area contributed by atoms with E-state index in [0.717, 1.165) is 11.8 Å². The highest BCUT2D eigenvalue weighted by Crippen LogP contribution is 2.06. The van der Waals surface area contributed by atoms with E-state index in [0.29, 0.717) is 5.75 Å². The first-order chi connectivity index (χ1) is 6.60. The summed E-state index contributed by atoms with van der Waals surface area (Å²) < 4.78 is 25.7. The molecule has 0 aliphatic heterocycles. The second kappa shape index (κ2) is 5.30. The molecule has 0 saturated heterocycles. The smallest absolute Gasteiger partial charge is 0.407 e. The highest BCUT2D eigenvalue weighted by atomic mass is 32.2. The molecule has 0 fully saturated rings. The molecule has 1 N–H and O–H groups in total. The van der Waals surface area contributed by atoms with E-state index >= 15 is 0 Å². The zero-order chi connectivity index (χ0) is 12.1. The summed E-state index contributed by atoms with van der Waals surface area (Å²) in [5.41, 5.74) is -0.527. The zero-order valence-corrected chi connectivity index (χ0v) is 8.46. The molecule has 72 valence electrons. The lowest BCUT2D eigenvalue weighted by atomic mass is 10.2. The van der Waals surface area contributed by atoms with Gasteiger partial charge in [0.2, 0.25) is 0 Å². The van der Waals surface area contributed by atoms with E-state index < -0.39 is 17.9 Å². The Balaban J connectivity index is 3.57. The molecule has 0 saturated carbocycles. The van der Waals surface area contributed by atoms with Gasteiger partial charge in [-0.15, -0.1) is 0 Å². The van der Waals surface area contributed by atoms with E-state index in [4.69, 9.17) is 8.85 Å². The van der Waals surface area contributed by atoms with E-state index in [9.17, 15) is 4.79 Å². The van der Waals surface area contributed by atoms with E-state index in [1.54, 1.807) is 20.8 Å². The van der Waals surface area contributed by atoms with Crippen molar-refractivity contribution in [1.82, 2.24) is 5.32 Å². The average molecular weight is 194 g/mol. The summed E-state index contributed by atoms with van der Waals surface area (Å²) in [6.45, 7) is 5.59. The van der Waals surface area contributed by atoms with Crippen molar-refractivity contribution in [2.75, 3.05) is 18.5 Å². The normalized spacial score (nSPS) is 15.8. The van der Waals surface area contributed by atoms with Gasteiger partial charge < -0.3 is 10.1 Å². The van der Waals surface area contributed by atoms with Gasteiger partial charge in [-0.2, -0.15) is 11.8 Å². The van der Waals surface area contributed by atoms with Gasteiger partial charge in [0.05, 0.1) is 0 Å². The van der Waals surface area contributed by atoms with E-state index in [2.05, 4.69) is 5.32 Å². The Morgan fingerprint density at radius 2 is 2.33 bits per heavy atom. The van der Waals surface area contributed by atoms with E-state index in [-0.39, 0.29) is 6.54 Å². The molecule has 0 aromatic heterocycles. The average Bonchev–Trinajstić information content (AvgIpc) is 1.92. The van der Waals surface area contributed by atoms with Crippen molar-refractivity contribution < 1.29 is 13.6 Å². The summed E-state index contributed by atoms with van der Waals surface area (Å²) in [5.74, 6) is 0.343. The maximum atomic E-state index is 11.1. The fourth-order valence-electron chi connectivity index (χ4n) is 0.518. The van der Waals surface area contributed by atoms with Crippen LogP contribution in [0.25, 0.3) is 0 Å².